The normalized spacial score (nSPS) is 17.0. The van der Waals surface area contributed by atoms with Crippen molar-refractivity contribution in [2.45, 2.75) is 44.3 Å². The van der Waals surface area contributed by atoms with Gasteiger partial charge in [-0.25, -0.2) is 4.79 Å². The molecule has 122 valence electrons. The topological polar surface area (TPSA) is 67.8 Å². The summed E-state index contributed by atoms with van der Waals surface area (Å²) < 4.78 is 11.0. The van der Waals surface area contributed by atoms with Crippen LogP contribution in [0.15, 0.2) is 30.3 Å². The number of alkyl carbamates (subject to hydrolysis) is 1. The summed E-state index contributed by atoms with van der Waals surface area (Å²) in [7, 11) is 0. The Morgan fingerprint density at radius 1 is 1.18 bits per heavy atom. The zero-order valence-corrected chi connectivity index (χ0v) is 12.9. The maximum Gasteiger partial charge on any atom is 0.407 e. The largest absolute Gasteiger partial charge is 0.445 e. The predicted octanol–water partition coefficient (Wildman–Crippen LogP) is 2.62. The summed E-state index contributed by atoms with van der Waals surface area (Å²) in [5.74, 6) is 0. The summed E-state index contributed by atoms with van der Waals surface area (Å²) in [4.78, 5) is 11.8. The lowest BCUT2D eigenvalue weighted by Gasteiger charge is -2.37. The van der Waals surface area contributed by atoms with Gasteiger partial charge in [-0.1, -0.05) is 49.6 Å². The van der Waals surface area contributed by atoms with Gasteiger partial charge in [0.05, 0.1) is 18.8 Å². The molecular weight excluding hydrogens is 282 g/mol. The first-order valence-corrected chi connectivity index (χ1v) is 7.93. The summed E-state index contributed by atoms with van der Waals surface area (Å²) >= 11 is 0. The van der Waals surface area contributed by atoms with E-state index in [1.54, 1.807) is 0 Å². The molecular formula is C17H25NO4. The van der Waals surface area contributed by atoms with E-state index in [-0.39, 0.29) is 18.8 Å². The van der Waals surface area contributed by atoms with E-state index in [4.69, 9.17) is 14.6 Å². The number of aliphatic hydroxyl groups is 1. The number of hydrogen-bond acceptors (Lipinski definition) is 4. The molecule has 0 aromatic heterocycles. The van der Waals surface area contributed by atoms with Crippen molar-refractivity contribution in [3.05, 3.63) is 35.9 Å². The van der Waals surface area contributed by atoms with Gasteiger partial charge in [0.15, 0.2) is 0 Å². The molecule has 0 spiro atoms. The number of carbonyl (C=O) groups excluding carboxylic acids is 1. The van der Waals surface area contributed by atoms with Crippen molar-refractivity contribution in [1.82, 2.24) is 5.32 Å². The molecule has 5 nitrogen and oxygen atoms in total. The van der Waals surface area contributed by atoms with E-state index >= 15 is 0 Å². The first kappa shape index (κ1) is 16.8. The Hall–Kier alpha value is -1.59. The quantitative estimate of drug-likeness (QED) is 0.812. The first-order chi connectivity index (χ1) is 10.7. The van der Waals surface area contributed by atoms with Crippen molar-refractivity contribution in [3.8, 4) is 0 Å². The number of hydrogen-bond donors (Lipinski definition) is 2. The number of amides is 1. The van der Waals surface area contributed by atoms with Crippen LogP contribution < -0.4 is 5.32 Å². The molecule has 0 radical (unpaired) electrons. The number of rotatable bonds is 7. The zero-order valence-electron chi connectivity index (χ0n) is 12.9. The predicted molar refractivity (Wildman–Crippen MR) is 83.5 cm³/mol. The maximum atomic E-state index is 11.8. The minimum Gasteiger partial charge on any atom is -0.445 e. The molecule has 0 heterocycles. The monoisotopic (exact) mass is 307 g/mol. The molecule has 0 aliphatic heterocycles. The Labute approximate surface area is 131 Å². The molecule has 1 aliphatic rings. The second kappa shape index (κ2) is 8.76. The van der Waals surface area contributed by atoms with E-state index in [9.17, 15) is 4.79 Å². The van der Waals surface area contributed by atoms with Crippen molar-refractivity contribution < 1.29 is 19.4 Å². The lowest BCUT2D eigenvalue weighted by Crippen LogP contribution is -2.47. The molecule has 0 unspecified atom stereocenters. The van der Waals surface area contributed by atoms with Crippen molar-refractivity contribution >= 4 is 6.09 Å². The van der Waals surface area contributed by atoms with Gasteiger partial charge in [0.25, 0.3) is 0 Å². The summed E-state index contributed by atoms with van der Waals surface area (Å²) in [6.07, 6.45) is 4.76. The van der Waals surface area contributed by atoms with E-state index in [1.807, 2.05) is 30.3 Å². The van der Waals surface area contributed by atoms with Crippen LogP contribution in [0.2, 0.25) is 0 Å². The van der Waals surface area contributed by atoms with Crippen LogP contribution >= 0.6 is 0 Å². The van der Waals surface area contributed by atoms with Gasteiger partial charge in [0, 0.05) is 6.54 Å². The Bertz CT molecular complexity index is 443. The second-order valence-corrected chi connectivity index (χ2v) is 5.73. The third kappa shape index (κ3) is 5.31. The molecule has 1 aromatic carbocycles. The molecule has 1 aliphatic carbocycles. The van der Waals surface area contributed by atoms with E-state index in [0.29, 0.717) is 13.2 Å². The molecule has 1 aromatic rings. The summed E-state index contributed by atoms with van der Waals surface area (Å²) in [5, 5.41) is 11.8. The van der Waals surface area contributed by atoms with Gasteiger partial charge < -0.3 is 19.9 Å². The van der Waals surface area contributed by atoms with E-state index < -0.39 is 6.09 Å². The van der Waals surface area contributed by atoms with Crippen LogP contribution in [-0.2, 0) is 16.1 Å². The van der Waals surface area contributed by atoms with Gasteiger partial charge >= 0.3 is 6.09 Å². The average molecular weight is 307 g/mol. The molecule has 22 heavy (non-hydrogen) atoms. The fourth-order valence-electron chi connectivity index (χ4n) is 2.84. The average Bonchev–Trinajstić information content (AvgIpc) is 2.58. The maximum absolute atomic E-state index is 11.8. The first-order valence-electron chi connectivity index (χ1n) is 7.93. The van der Waals surface area contributed by atoms with Gasteiger partial charge in [0.1, 0.15) is 6.61 Å². The smallest absolute Gasteiger partial charge is 0.407 e. The second-order valence-electron chi connectivity index (χ2n) is 5.73. The lowest BCUT2D eigenvalue weighted by molar-refractivity contribution is -0.0780. The number of carbonyl (C=O) groups is 1. The summed E-state index contributed by atoms with van der Waals surface area (Å²) in [6.45, 7) is 0.999. The third-order valence-electron chi connectivity index (χ3n) is 4.03. The van der Waals surface area contributed by atoms with E-state index in [1.165, 1.54) is 6.42 Å². The van der Waals surface area contributed by atoms with E-state index in [0.717, 1.165) is 31.2 Å². The Kier molecular flexibility index (Phi) is 6.68. The number of nitrogens with one attached hydrogen (secondary N) is 1. The molecule has 0 atom stereocenters. The van der Waals surface area contributed by atoms with Crippen LogP contribution in [0.1, 0.15) is 37.7 Å². The minimum absolute atomic E-state index is 0.000202. The molecule has 0 bridgehead atoms. The lowest BCUT2D eigenvalue weighted by atomic mass is 9.84. The minimum atomic E-state index is -0.429. The Morgan fingerprint density at radius 3 is 2.59 bits per heavy atom. The summed E-state index contributed by atoms with van der Waals surface area (Å²) in [5.41, 5.74) is 0.605. The highest BCUT2D eigenvalue weighted by Crippen LogP contribution is 2.31. The fraction of sp³-hybridized carbons (Fsp3) is 0.588. The van der Waals surface area contributed by atoms with Gasteiger partial charge in [-0.3, -0.25) is 0 Å². The van der Waals surface area contributed by atoms with Crippen LogP contribution in [-0.4, -0.2) is 36.6 Å². The van der Waals surface area contributed by atoms with Crippen LogP contribution in [0.25, 0.3) is 0 Å². The molecule has 2 rings (SSSR count). The van der Waals surface area contributed by atoms with Crippen molar-refractivity contribution in [2.24, 2.45) is 0 Å². The Balaban J connectivity index is 1.77. The Morgan fingerprint density at radius 2 is 1.91 bits per heavy atom. The fourth-order valence-corrected chi connectivity index (χ4v) is 2.84. The van der Waals surface area contributed by atoms with Gasteiger partial charge in [0.2, 0.25) is 0 Å². The summed E-state index contributed by atoms with van der Waals surface area (Å²) in [6, 6.07) is 9.59. The number of benzene rings is 1. The van der Waals surface area contributed by atoms with Crippen molar-refractivity contribution in [2.75, 3.05) is 19.8 Å². The highest BCUT2D eigenvalue weighted by atomic mass is 16.5. The van der Waals surface area contributed by atoms with Gasteiger partial charge in [-0.2, -0.15) is 0 Å². The standard InChI is InChI=1S/C17H25NO4/c19-11-12-22-17(9-5-2-6-10-17)14-18-16(20)21-13-15-7-3-1-4-8-15/h1,3-4,7-8,19H,2,5-6,9-14H2,(H,18,20). The highest BCUT2D eigenvalue weighted by Gasteiger charge is 2.33. The molecule has 2 N–H and O–H groups in total. The number of ether oxygens (including phenoxy) is 2. The van der Waals surface area contributed by atoms with Crippen molar-refractivity contribution in [3.63, 3.8) is 0 Å². The van der Waals surface area contributed by atoms with Crippen LogP contribution in [0.3, 0.4) is 0 Å². The zero-order chi connectivity index (χ0) is 15.7. The van der Waals surface area contributed by atoms with Crippen LogP contribution in [0.4, 0.5) is 4.79 Å². The number of aliphatic hydroxyl groups excluding tert-OH is 1. The highest BCUT2D eigenvalue weighted by molar-refractivity contribution is 5.67. The van der Waals surface area contributed by atoms with Crippen molar-refractivity contribution in [1.29, 1.82) is 0 Å². The van der Waals surface area contributed by atoms with Crippen LogP contribution in [0, 0.1) is 0 Å². The molecule has 1 saturated carbocycles. The van der Waals surface area contributed by atoms with Gasteiger partial charge in [-0.15, -0.1) is 0 Å². The van der Waals surface area contributed by atoms with Gasteiger partial charge in [-0.05, 0) is 18.4 Å². The van der Waals surface area contributed by atoms with Crippen LogP contribution in [0.5, 0.6) is 0 Å². The van der Waals surface area contributed by atoms with E-state index in [2.05, 4.69) is 5.32 Å². The molecule has 1 amide bonds. The SMILES string of the molecule is O=C(NCC1(OCCO)CCCCC1)OCc1ccccc1. The molecule has 5 heteroatoms. The third-order valence-corrected chi connectivity index (χ3v) is 4.03. The molecule has 1 fully saturated rings. The molecule has 0 saturated heterocycles.